The van der Waals surface area contributed by atoms with Gasteiger partial charge >= 0.3 is 12.0 Å². The van der Waals surface area contributed by atoms with Gasteiger partial charge in [0.1, 0.15) is 0 Å². The van der Waals surface area contributed by atoms with Crippen LogP contribution in [-0.4, -0.2) is 28.6 Å². The van der Waals surface area contributed by atoms with Crippen molar-refractivity contribution in [3.8, 4) is 5.69 Å². The van der Waals surface area contributed by atoms with Crippen LogP contribution in [0.4, 0.5) is 10.5 Å². The fourth-order valence-electron chi connectivity index (χ4n) is 4.40. The van der Waals surface area contributed by atoms with Crippen LogP contribution in [-0.2, 0) is 11.3 Å². The van der Waals surface area contributed by atoms with Gasteiger partial charge in [0, 0.05) is 22.6 Å². The molecule has 7 heteroatoms. The molecule has 0 saturated carbocycles. The number of nitrogens with zero attached hydrogens (tertiary/aromatic N) is 2. The summed E-state index contributed by atoms with van der Waals surface area (Å²) in [6.07, 6.45) is 2.01. The van der Waals surface area contributed by atoms with Crippen molar-refractivity contribution in [1.82, 2.24) is 9.47 Å². The summed E-state index contributed by atoms with van der Waals surface area (Å²) in [4.78, 5) is 27.5. The van der Waals surface area contributed by atoms with Crippen LogP contribution in [0, 0.1) is 0 Å². The Hall–Kier alpha value is -4.03. The number of nitrogens with one attached hydrogen (secondary N) is 1. The number of ether oxygens (including phenoxy) is 1. The molecule has 1 atom stereocenters. The SMILES string of the molecule is COC(=O)c1cccc(NC(=O)N2Cc3ccccc3-n3cccc3C2c2cccc(Cl)c2)c1. The lowest BCUT2D eigenvalue weighted by molar-refractivity contribution is 0.0600. The maximum atomic E-state index is 13.7. The second kappa shape index (κ2) is 9.08. The number of rotatable bonds is 3. The van der Waals surface area contributed by atoms with E-state index in [1.807, 2.05) is 60.8 Å². The van der Waals surface area contributed by atoms with Gasteiger partial charge in [0.05, 0.1) is 30.9 Å². The molecule has 1 aliphatic heterocycles. The van der Waals surface area contributed by atoms with Crippen LogP contribution in [0.25, 0.3) is 5.69 Å². The van der Waals surface area contributed by atoms with E-state index in [-0.39, 0.29) is 12.1 Å². The molecule has 2 amide bonds. The Morgan fingerprint density at radius 1 is 0.971 bits per heavy atom. The Labute approximate surface area is 202 Å². The third-order valence-electron chi connectivity index (χ3n) is 5.92. The zero-order chi connectivity index (χ0) is 23.7. The highest BCUT2D eigenvalue weighted by molar-refractivity contribution is 6.30. The van der Waals surface area contributed by atoms with Gasteiger partial charge in [-0.3, -0.25) is 0 Å². The lowest BCUT2D eigenvalue weighted by atomic mass is 10.0. The van der Waals surface area contributed by atoms with Gasteiger partial charge in [0.25, 0.3) is 0 Å². The molecule has 1 aliphatic rings. The van der Waals surface area contributed by atoms with Gasteiger partial charge in [-0.2, -0.15) is 0 Å². The lowest BCUT2D eigenvalue weighted by Crippen LogP contribution is -2.38. The number of urea groups is 1. The average molecular weight is 472 g/mol. The fraction of sp³-hybridized carbons (Fsp3) is 0.111. The molecule has 170 valence electrons. The molecule has 0 fully saturated rings. The third-order valence-corrected chi connectivity index (χ3v) is 6.16. The van der Waals surface area contributed by atoms with Gasteiger partial charge in [0.15, 0.2) is 0 Å². The van der Waals surface area contributed by atoms with Crippen LogP contribution in [0.2, 0.25) is 5.02 Å². The molecular formula is C27H22ClN3O3. The number of anilines is 1. The number of aromatic nitrogens is 1. The van der Waals surface area contributed by atoms with Gasteiger partial charge < -0.3 is 19.5 Å². The van der Waals surface area contributed by atoms with Gasteiger partial charge in [-0.25, -0.2) is 9.59 Å². The summed E-state index contributed by atoms with van der Waals surface area (Å²) in [5.41, 5.74) is 4.76. The van der Waals surface area contributed by atoms with Crippen molar-refractivity contribution in [3.05, 3.63) is 119 Å². The Morgan fingerprint density at radius 3 is 2.62 bits per heavy atom. The molecule has 0 radical (unpaired) electrons. The number of halogens is 1. The zero-order valence-electron chi connectivity index (χ0n) is 18.4. The standard InChI is InChI=1S/C27H22ClN3O3/c1-34-26(32)19-9-5-11-22(16-19)29-27(33)31-17-20-7-2-3-12-23(20)30-14-6-13-24(30)25(31)18-8-4-10-21(28)15-18/h2-16,25H,17H2,1H3,(H,29,33). The molecule has 0 saturated heterocycles. The van der Waals surface area contributed by atoms with E-state index in [9.17, 15) is 9.59 Å². The Morgan fingerprint density at radius 2 is 1.79 bits per heavy atom. The summed E-state index contributed by atoms with van der Waals surface area (Å²) >= 11 is 6.34. The molecule has 1 N–H and O–H groups in total. The number of hydrogen-bond donors (Lipinski definition) is 1. The van der Waals surface area contributed by atoms with Crippen molar-refractivity contribution in [2.24, 2.45) is 0 Å². The number of benzene rings is 3. The maximum absolute atomic E-state index is 13.7. The molecule has 0 bridgehead atoms. The number of para-hydroxylation sites is 1. The van der Waals surface area contributed by atoms with E-state index in [0.29, 0.717) is 22.8 Å². The van der Waals surface area contributed by atoms with Crippen LogP contribution in [0.3, 0.4) is 0 Å². The van der Waals surface area contributed by atoms with Gasteiger partial charge in [-0.15, -0.1) is 0 Å². The van der Waals surface area contributed by atoms with E-state index in [1.165, 1.54) is 7.11 Å². The second-order valence-electron chi connectivity index (χ2n) is 8.02. The minimum absolute atomic E-state index is 0.295. The smallest absolute Gasteiger partial charge is 0.337 e. The summed E-state index contributed by atoms with van der Waals surface area (Å²) in [7, 11) is 1.33. The van der Waals surface area contributed by atoms with Gasteiger partial charge in [-0.05, 0) is 59.7 Å². The number of amides is 2. The Kier molecular flexibility index (Phi) is 5.82. The maximum Gasteiger partial charge on any atom is 0.337 e. The number of methoxy groups -OCH3 is 1. The quantitative estimate of drug-likeness (QED) is 0.370. The molecule has 2 heterocycles. The summed E-state index contributed by atoms with van der Waals surface area (Å²) in [6.45, 7) is 0.386. The first-order valence-corrected chi connectivity index (χ1v) is 11.2. The largest absolute Gasteiger partial charge is 0.465 e. The summed E-state index contributed by atoms with van der Waals surface area (Å²) in [5.74, 6) is -0.463. The Balaban J connectivity index is 1.59. The summed E-state index contributed by atoms with van der Waals surface area (Å²) in [6, 6.07) is 25.6. The van der Waals surface area contributed by atoms with Gasteiger partial charge in [-0.1, -0.05) is 48.0 Å². The van der Waals surface area contributed by atoms with Crippen LogP contribution in [0.5, 0.6) is 0 Å². The monoisotopic (exact) mass is 471 g/mol. The van der Waals surface area contributed by atoms with E-state index in [2.05, 4.69) is 16.0 Å². The highest BCUT2D eigenvalue weighted by Crippen LogP contribution is 2.37. The first kappa shape index (κ1) is 21.8. The van der Waals surface area contributed by atoms with E-state index >= 15 is 0 Å². The summed E-state index contributed by atoms with van der Waals surface area (Å²) < 4.78 is 6.92. The molecule has 1 aromatic heterocycles. The highest BCUT2D eigenvalue weighted by Gasteiger charge is 2.33. The topological polar surface area (TPSA) is 63.6 Å². The van der Waals surface area contributed by atoms with Crippen molar-refractivity contribution in [2.45, 2.75) is 12.6 Å². The molecule has 6 nitrogen and oxygen atoms in total. The number of hydrogen-bond acceptors (Lipinski definition) is 3. The van der Waals surface area contributed by atoms with Crippen molar-refractivity contribution < 1.29 is 14.3 Å². The normalized spacial score (nSPS) is 14.5. The predicted octanol–water partition coefficient (Wildman–Crippen LogP) is 6.05. The van der Waals surface area contributed by atoms with E-state index in [4.69, 9.17) is 16.3 Å². The van der Waals surface area contributed by atoms with E-state index in [0.717, 1.165) is 22.5 Å². The number of carbonyl (C=O) groups is 2. The average Bonchev–Trinajstić information content (AvgIpc) is 3.27. The van der Waals surface area contributed by atoms with Crippen LogP contribution in [0.15, 0.2) is 91.1 Å². The van der Waals surface area contributed by atoms with Gasteiger partial charge in [0.2, 0.25) is 0 Å². The minimum atomic E-state index is -0.463. The van der Waals surface area contributed by atoms with Crippen LogP contribution in [0.1, 0.15) is 33.2 Å². The molecule has 34 heavy (non-hydrogen) atoms. The van der Waals surface area contributed by atoms with Crippen molar-refractivity contribution in [1.29, 1.82) is 0 Å². The van der Waals surface area contributed by atoms with Crippen molar-refractivity contribution >= 4 is 29.3 Å². The molecule has 5 rings (SSSR count). The minimum Gasteiger partial charge on any atom is -0.465 e. The molecular weight excluding hydrogens is 450 g/mol. The molecule has 3 aromatic carbocycles. The van der Waals surface area contributed by atoms with Crippen LogP contribution < -0.4 is 5.32 Å². The zero-order valence-corrected chi connectivity index (χ0v) is 19.2. The molecule has 4 aromatic rings. The fourth-order valence-corrected chi connectivity index (χ4v) is 4.60. The lowest BCUT2D eigenvalue weighted by Gasteiger charge is -2.31. The number of fused-ring (bicyclic) bond motifs is 3. The van der Waals surface area contributed by atoms with Crippen molar-refractivity contribution in [3.63, 3.8) is 0 Å². The number of carbonyl (C=O) groups excluding carboxylic acids is 2. The molecule has 0 aliphatic carbocycles. The van der Waals surface area contributed by atoms with Crippen LogP contribution >= 0.6 is 11.6 Å². The second-order valence-corrected chi connectivity index (χ2v) is 8.46. The molecule has 0 spiro atoms. The first-order valence-electron chi connectivity index (χ1n) is 10.8. The van der Waals surface area contributed by atoms with E-state index in [1.54, 1.807) is 29.2 Å². The van der Waals surface area contributed by atoms with E-state index < -0.39 is 5.97 Å². The predicted molar refractivity (Wildman–Crippen MR) is 131 cm³/mol. The highest BCUT2D eigenvalue weighted by atomic mass is 35.5. The summed E-state index contributed by atoms with van der Waals surface area (Å²) in [5, 5.41) is 3.56. The Bertz CT molecular complexity index is 1380. The van der Waals surface area contributed by atoms with Crippen molar-refractivity contribution in [2.75, 3.05) is 12.4 Å². The number of esters is 1. The molecule has 1 unspecified atom stereocenters. The first-order chi connectivity index (χ1) is 16.5. The third kappa shape index (κ3) is 4.04.